The number of urea groups is 1. The molecule has 3 rings (SSSR count). The molecule has 0 radical (unpaired) electrons. The molecule has 138 valence electrons. The molecule has 0 spiro atoms. The molecule has 0 saturated heterocycles. The number of anilines is 1. The van der Waals surface area contributed by atoms with Gasteiger partial charge in [-0.3, -0.25) is 15.1 Å². The van der Waals surface area contributed by atoms with Gasteiger partial charge in [-0.1, -0.05) is 25.3 Å². The topological polar surface area (TPSA) is 96.0 Å². The number of pyridine rings is 1. The lowest BCUT2D eigenvalue weighted by atomic mass is 9.96. The summed E-state index contributed by atoms with van der Waals surface area (Å²) in [5.74, 6) is -0.114. The molecule has 0 bridgehead atoms. The first-order chi connectivity index (χ1) is 12.7. The summed E-state index contributed by atoms with van der Waals surface area (Å²) in [5, 5.41) is 10.9. The summed E-state index contributed by atoms with van der Waals surface area (Å²) in [5.41, 5.74) is 1.59. The van der Waals surface area contributed by atoms with Crippen molar-refractivity contribution in [2.24, 2.45) is 0 Å². The fourth-order valence-corrected chi connectivity index (χ4v) is 3.65. The van der Waals surface area contributed by atoms with Gasteiger partial charge in [0, 0.05) is 30.4 Å². The number of amides is 3. The van der Waals surface area contributed by atoms with E-state index in [1.807, 2.05) is 12.1 Å². The van der Waals surface area contributed by atoms with Crippen LogP contribution in [0.25, 0.3) is 0 Å². The second kappa shape index (κ2) is 9.28. The van der Waals surface area contributed by atoms with Crippen molar-refractivity contribution in [3.05, 3.63) is 41.2 Å². The zero-order valence-corrected chi connectivity index (χ0v) is 15.3. The standard InChI is InChI=1S/C18H23N5O2S/c24-16(20-11-13-5-4-8-19-10-13)9-15-12-26-18(22-15)23-17(25)21-14-6-2-1-3-7-14/h4-5,8,10,12,14H,1-3,6-7,9,11H2,(H,20,24)(H2,21,22,23,25). The van der Waals surface area contributed by atoms with E-state index in [1.54, 1.807) is 17.8 Å². The Kier molecular flexibility index (Phi) is 6.54. The Morgan fingerprint density at radius 3 is 2.85 bits per heavy atom. The Hall–Kier alpha value is -2.48. The van der Waals surface area contributed by atoms with Crippen LogP contribution in [0.1, 0.15) is 43.4 Å². The number of hydrogen-bond donors (Lipinski definition) is 3. The molecule has 0 unspecified atom stereocenters. The van der Waals surface area contributed by atoms with Gasteiger partial charge in [0.15, 0.2) is 5.13 Å². The quantitative estimate of drug-likeness (QED) is 0.725. The summed E-state index contributed by atoms with van der Waals surface area (Å²) in [6.07, 6.45) is 9.25. The van der Waals surface area contributed by atoms with Crippen LogP contribution >= 0.6 is 11.3 Å². The minimum absolute atomic E-state index is 0.114. The fraction of sp³-hybridized carbons (Fsp3) is 0.444. The normalized spacial score (nSPS) is 14.6. The number of rotatable bonds is 6. The molecule has 26 heavy (non-hydrogen) atoms. The molecular weight excluding hydrogens is 350 g/mol. The van der Waals surface area contributed by atoms with Crippen LogP contribution in [0.15, 0.2) is 29.9 Å². The second-order valence-corrected chi connectivity index (χ2v) is 7.25. The van der Waals surface area contributed by atoms with E-state index in [0.29, 0.717) is 17.4 Å². The number of hydrogen-bond acceptors (Lipinski definition) is 5. The second-order valence-electron chi connectivity index (χ2n) is 6.39. The zero-order valence-electron chi connectivity index (χ0n) is 14.5. The SMILES string of the molecule is O=C(Cc1csc(NC(=O)NC2CCCCC2)n1)NCc1cccnc1. The zero-order chi connectivity index (χ0) is 18.2. The van der Waals surface area contributed by atoms with Crippen LogP contribution in [0.2, 0.25) is 0 Å². The molecule has 3 N–H and O–H groups in total. The highest BCUT2D eigenvalue weighted by Crippen LogP contribution is 2.19. The van der Waals surface area contributed by atoms with Gasteiger partial charge < -0.3 is 10.6 Å². The smallest absolute Gasteiger partial charge is 0.321 e. The van der Waals surface area contributed by atoms with Crippen LogP contribution in [0.3, 0.4) is 0 Å². The Bertz CT molecular complexity index is 728. The average Bonchev–Trinajstić information content (AvgIpc) is 3.08. The molecule has 3 amide bonds. The van der Waals surface area contributed by atoms with Gasteiger partial charge in [-0.25, -0.2) is 9.78 Å². The number of carbonyl (C=O) groups is 2. The lowest BCUT2D eigenvalue weighted by Crippen LogP contribution is -2.39. The molecule has 1 fully saturated rings. The van der Waals surface area contributed by atoms with Crippen molar-refractivity contribution < 1.29 is 9.59 Å². The average molecular weight is 373 g/mol. The third-order valence-electron chi connectivity index (χ3n) is 4.27. The first kappa shape index (κ1) is 18.3. The highest BCUT2D eigenvalue weighted by Gasteiger charge is 2.16. The lowest BCUT2D eigenvalue weighted by molar-refractivity contribution is -0.120. The van der Waals surface area contributed by atoms with Crippen LogP contribution in [0.4, 0.5) is 9.93 Å². The van der Waals surface area contributed by atoms with Gasteiger partial charge >= 0.3 is 6.03 Å². The summed E-state index contributed by atoms with van der Waals surface area (Å²) in [6, 6.07) is 3.77. The van der Waals surface area contributed by atoms with Crippen LogP contribution in [0, 0.1) is 0 Å². The fourth-order valence-electron chi connectivity index (χ4n) is 2.94. The Morgan fingerprint density at radius 2 is 2.08 bits per heavy atom. The summed E-state index contributed by atoms with van der Waals surface area (Å²) in [7, 11) is 0. The Morgan fingerprint density at radius 1 is 1.23 bits per heavy atom. The van der Waals surface area contributed by atoms with E-state index in [2.05, 4.69) is 25.9 Å². The van der Waals surface area contributed by atoms with Crippen molar-refractivity contribution in [2.45, 2.75) is 51.1 Å². The molecule has 7 nitrogen and oxygen atoms in total. The molecule has 0 aliphatic heterocycles. The first-order valence-corrected chi connectivity index (χ1v) is 9.74. The monoisotopic (exact) mass is 373 g/mol. The largest absolute Gasteiger partial charge is 0.352 e. The van der Waals surface area contributed by atoms with Crippen molar-refractivity contribution >= 4 is 28.4 Å². The van der Waals surface area contributed by atoms with Crippen molar-refractivity contribution in [2.75, 3.05) is 5.32 Å². The predicted molar refractivity (Wildman–Crippen MR) is 101 cm³/mol. The van der Waals surface area contributed by atoms with E-state index in [9.17, 15) is 9.59 Å². The van der Waals surface area contributed by atoms with E-state index in [4.69, 9.17) is 0 Å². The van der Waals surface area contributed by atoms with Gasteiger partial charge in [0.2, 0.25) is 5.91 Å². The van der Waals surface area contributed by atoms with E-state index in [-0.39, 0.29) is 24.4 Å². The molecule has 0 aromatic carbocycles. The third kappa shape index (κ3) is 5.80. The molecule has 1 aliphatic carbocycles. The molecule has 2 aromatic heterocycles. The highest BCUT2D eigenvalue weighted by molar-refractivity contribution is 7.13. The maximum atomic E-state index is 12.0. The van der Waals surface area contributed by atoms with E-state index < -0.39 is 0 Å². The van der Waals surface area contributed by atoms with Crippen molar-refractivity contribution in [1.29, 1.82) is 0 Å². The lowest BCUT2D eigenvalue weighted by Gasteiger charge is -2.22. The summed E-state index contributed by atoms with van der Waals surface area (Å²) in [4.78, 5) is 32.4. The first-order valence-electron chi connectivity index (χ1n) is 8.86. The molecule has 2 heterocycles. The summed E-state index contributed by atoms with van der Waals surface area (Å²) in [6.45, 7) is 0.436. The van der Waals surface area contributed by atoms with Crippen molar-refractivity contribution in [3.8, 4) is 0 Å². The van der Waals surface area contributed by atoms with Crippen molar-refractivity contribution in [3.63, 3.8) is 0 Å². The number of aromatic nitrogens is 2. The van der Waals surface area contributed by atoms with Gasteiger partial charge in [0.1, 0.15) is 0 Å². The Labute approximate surface area is 156 Å². The summed E-state index contributed by atoms with van der Waals surface area (Å²) < 4.78 is 0. The van der Waals surface area contributed by atoms with Crippen LogP contribution in [-0.2, 0) is 17.8 Å². The molecule has 1 saturated carbocycles. The van der Waals surface area contributed by atoms with Crippen LogP contribution < -0.4 is 16.0 Å². The molecular formula is C18H23N5O2S. The predicted octanol–water partition coefficient (Wildman–Crippen LogP) is 2.85. The molecule has 0 atom stereocenters. The van der Waals surface area contributed by atoms with E-state index in [1.165, 1.54) is 30.6 Å². The van der Waals surface area contributed by atoms with Gasteiger partial charge in [-0.2, -0.15) is 0 Å². The molecule has 1 aliphatic rings. The van der Waals surface area contributed by atoms with Crippen molar-refractivity contribution in [1.82, 2.24) is 20.6 Å². The molecule has 8 heteroatoms. The van der Waals surface area contributed by atoms with E-state index >= 15 is 0 Å². The van der Waals surface area contributed by atoms with Gasteiger partial charge in [0.25, 0.3) is 0 Å². The number of carbonyl (C=O) groups excluding carboxylic acids is 2. The maximum Gasteiger partial charge on any atom is 0.321 e. The third-order valence-corrected chi connectivity index (χ3v) is 5.07. The minimum atomic E-state index is -0.223. The van der Waals surface area contributed by atoms with Crippen LogP contribution in [-0.4, -0.2) is 27.9 Å². The van der Waals surface area contributed by atoms with Gasteiger partial charge in [-0.15, -0.1) is 11.3 Å². The van der Waals surface area contributed by atoms with Crippen LogP contribution in [0.5, 0.6) is 0 Å². The maximum absolute atomic E-state index is 12.0. The minimum Gasteiger partial charge on any atom is -0.352 e. The number of thiazole rings is 1. The van der Waals surface area contributed by atoms with Gasteiger partial charge in [0.05, 0.1) is 12.1 Å². The van der Waals surface area contributed by atoms with E-state index in [0.717, 1.165) is 18.4 Å². The highest BCUT2D eigenvalue weighted by atomic mass is 32.1. The number of nitrogens with zero attached hydrogens (tertiary/aromatic N) is 2. The summed E-state index contributed by atoms with van der Waals surface area (Å²) >= 11 is 1.32. The number of nitrogens with one attached hydrogen (secondary N) is 3. The Balaban J connectivity index is 1.42. The molecule has 2 aromatic rings. The van der Waals surface area contributed by atoms with Gasteiger partial charge in [-0.05, 0) is 24.5 Å².